The largest absolute Gasteiger partial charge is 0.573 e. The maximum Gasteiger partial charge on any atom is 0.573 e. The van der Waals surface area contributed by atoms with Crippen LogP contribution >= 0.6 is 0 Å². The van der Waals surface area contributed by atoms with Crippen molar-refractivity contribution in [3.63, 3.8) is 0 Å². The number of nitrogens with zero attached hydrogens (tertiary/aromatic N) is 2. The van der Waals surface area contributed by atoms with Crippen molar-refractivity contribution in [2.24, 2.45) is 0 Å². The fourth-order valence-corrected chi connectivity index (χ4v) is 3.63. The molecule has 4 nitrogen and oxygen atoms in total. The molecule has 1 aromatic heterocycles. The molecule has 0 aliphatic carbocycles. The third-order valence-corrected chi connectivity index (χ3v) is 9.50. The Hall–Kier alpha value is -2.61. The van der Waals surface area contributed by atoms with Crippen LogP contribution in [-0.4, -0.2) is 24.6 Å². The highest BCUT2D eigenvalue weighted by atomic mass is 28.4. The van der Waals surface area contributed by atoms with Crippen molar-refractivity contribution in [1.29, 1.82) is 0 Å². The Bertz CT molecular complexity index is 1010. The monoisotopic (exact) mass is 420 g/mol. The summed E-state index contributed by atoms with van der Waals surface area (Å²) in [6.45, 7) is 10.8. The van der Waals surface area contributed by atoms with Gasteiger partial charge in [-0.25, -0.2) is 4.98 Å². The third kappa shape index (κ3) is 4.69. The first-order valence-electron chi connectivity index (χ1n) is 9.16. The van der Waals surface area contributed by atoms with Gasteiger partial charge in [0.1, 0.15) is 22.5 Å². The Morgan fingerprint density at radius 2 is 1.41 bits per heavy atom. The molecule has 0 fully saturated rings. The maximum absolute atomic E-state index is 12.4. The molecule has 1 heterocycles. The highest BCUT2D eigenvalue weighted by Crippen LogP contribution is 2.40. The summed E-state index contributed by atoms with van der Waals surface area (Å²) >= 11 is 0. The van der Waals surface area contributed by atoms with Crippen LogP contribution in [0.3, 0.4) is 0 Å². The van der Waals surface area contributed by atoms with E-state index in [1.165, 1.54) is 12.1 Å². The number of halogens is 3. The molecule has 0 aliphatic rings. The Kier molecular flexibility index (Phi) is 5.33. The maximum atomic E-state index is 12.4. The van der Waals surface area contributed by atoms with E-state index in [1.807, 2.05) is 12.1 Å². The molecular weight excluding hydrogens is 397 g/mol. The van der Waals surface area contributed by atoms with E-state index in [-0.39, 0.29) is 10.8 Å². The summed E-state index contributed by atoms with van der Waals surface area (Å²) in [6, 6.07) is 9.42. The van der Waals surface area contributed by atoms with Crippen LogP contribution in [0, 0.1) is 0 Å². The summed E-state index contributed by atoms with van der Waals surface area (Å²) in [5, 5.41) is 0.0223. The summed E-state index contributed by atoms with van der Waals surface area (Å²) < 4.78 is 47.5. The van der Waals surface area contributed by atoms with Gasteiger partial charge in [-0.1, -0.05) is 32.9 Å². The van der Waals surface area contributed by atoms with Gasteiger partial charge in [0, 0.05) is 18.0 Å². The standard InChI is InChI=1S/C21H23F3N2O2Si/c1-20(2,3)29(4,5)28-17-11-10-16(18-19(17)26-13-12-25-18)14-6-8-15(9-7-14)27-21(22,23)24/h6-13H,1-5H3. The lowest BCUT2D eigenvalue weighted by molar-refractivity contribution is -0.274. The highest BCUT2D eigenvalue weighted by molar-refractivity contribution is 6.74. The number of rotatable bonds is 4. The summed E-state index contributed by atoms with van der Waals surface area (Å²) in [5.74, 6) is 0.398. The van der Waals surface area contributed by atoms with E-state index in [0.717, 1.165) is 5.56 Å². The van der Waals surface area contributed by atoms with Crippen molar-refractivity contribution in [3.8, 4) is 22.6 Å². The molecule has 0 atom stereocenters. The van der Waals surface area contributed by atoms with E-state index in [1.54, 1.807) is 24.5 Å². The van der Waals surface area contributed by atoms with Crippen molar-refractivity contribution < 1.29 is 22.3 Å². The van der Waals surface area contributed by atoms with E-state index in [9.17, 15) is 13.2 Å². The van der Waals surface area contributed by atoms with Gasteiger partial charge < -0.3 is 9.16 Å². The molecule has 0 bridgehead atoms. The van der Waals surface area contributed by atoms with E-state index in [2.05, 4.69) is 48.6 Å². The summed E-state index contributed by atoms with van der Waals surface area (Å²) in [5.41, 5.74) is 2.73. The summed E-state index contributed by atoms with van der Waals surface area (Å²) in [6.07, 6.45) is -1.53. The average Bonchev–Trinajstić information content (AvgIpc) is 2.60. The predicted octanol–water partition coefficient (Wildman–Crippen LogP) is 6.58. The van der Waals surface area contributed by atoms with Crippen molar-refractivity contribution in [2.45, 2.75) is 45.3 Å². The lowest BCUT2D eigenvalue weighted by Gasteiger charge is -2.36. The van der Waals surface area contributed by atoms with Crippen LogP contribution in [0.5, 0.6) is 11.5 Å². The van der Waals surface area contributed by atoms with E-state index < -0.39 is 14.7 Å². The average molecular weight is 421 g/mol. The van der Waals surface area contributed by atoms with Gasteiger partial charge in [-0.05, 0) is 48.0 Å². The molecular formula is C21H23F3N2O2Si. The van der Waals surface area contributed by atoms with Crippen molar-refractivity contribution in [2.75, 3.05) is 0 Å². The fourth-order valence-electron chi connectivity index (χ4n) is 2.61. The number of alkyl halides is 3. The van der Waals surface area contributed by atoms with Crippen LogP contribution in [0.15, 0.2) is 48.8 Å². The molecule has 0 saturated heterocycles. The van der Waals surface area contributed by atoms with Gasteiger partial charge >= 0.3 is 6.36 Å². The van der Waals surface area contributed by atoms with Gasteiger partial charge in [0.2, 0.25) is 0 Å². The van der Waals surface area contributed by atoms with Crippen molar-refractivity contribution in [3.05, 3.63) is 48.8 Å². The van der Waals surface area contributed by atoms with Crippen LogP contribution in [0.25, 0.3) is 22.2 Å². The molecule has 0 saturated carbocycles. The lowest BCUT2D eigenvalue weighted by Crippen LogP contribution is -2.43. The van der Waals surface area contributed by atoms with Crippen molar-refractivity contribution >= 4 is 19.4 Å². The highest BCUT2D eigenvalue weighted by Gasteiger charge is 2.39. The molecule has 0 aliphatic heterocycles. The molecule has 0 N–H and O–H groups in total. The van der Waals surface area contributed by atoms with E-state index >= 15 is 0 Å². The third-order valence-electron chi connectivity index (χ3n) is 5.16. The van der Waals surface area contributed by atoms with Gasteiger partial charge in [0.15, 0.2) is 0 Å². The van der Waals surface area contributed by atoms with Gasteiger partial charge in [0.05, 0.1) is 0 Å². The first-order chi connectivity index (χ1) is 13.4. The van der Waals surface area contributed by atoms with Crippen LogP contribution in [-0.2, 0) is 0 Å². The number of aromatic nitrogens is 2. The van der Waals surface area contributed by atoms with Gasteiger partial charge in [-0.2, -0.15) is 0 Å². The summed E-state index contributed by atoms with van der Waals surface area (Å²) in [4.78, 5) is 8.91. The number of fused-ring (bicyclic) bond motifs is 1. The molecule has 29 heavy (non-hydrogen) atoms. The quantitative estimate of drug-likeness (QED) is 0.447. The SMILES string of the molecule is CC(C)(C)[Si](C)(C)Oc1ccc(-c2ccc(OC(F)(F)F)cc2)c2nccnc12. The van der Waals surface area contributed by atoms with E-state index in [4.69, 9.17) is 4.43 Å². The molecule has 8 heteroatoms. The first kappa shape index (κ1) is 21.1. The Morgan fingerprint density at radius 1 is 0.828 bits per heavy atom. The number of ether oxygens (including phenoxy) is 1. The van der Waals surface area contributed by atoms with Crippen LogP contribution in [0.4, 0.5) is 13.2 Å². The first-order valence-corrected chi connectivity index (χ1v) is 12.1. The molecule has 2 aromatic carbocycles. The molecule has 3 rings (SSSR count). The Morgan fingerprint density at radius 3 is 1.97 bits per heavy atom. The van der Waals surface area contributed by atoms with Crippen molar-refractivity contribution in [1.82, 2.24) is 9.97 Å². The molecule has 0 unspecified atom stereocenters. The minimum absolute atomic E-state index is 0.0223. The normalized spacial score (nSPS) is 12.8. The number of hydrogen-bond donors (Lipinski definition) is 0. The van der Waals surface area contributed by atoms with Gasteiger partial charge in [-0.3, -0.25) is 4.98 Å². The Balaban J connectivity index is 2.02. The second-order valence-corrected chi connectivity index (χ2v) is 13.0. The zero-order valence-corrected chi connectivity index (χ0v) is 18.0. The molecule has 3 aromatic rings. The molecule has 154 valence electrons. The second-order valence-electron chi connectivity index (χ2n) is 8.30. The minimum atomic E-state index is -4.72. The van der Waals surface area contributed by atoms with E-state index in [0.29, 0.717) is 22.3 Å². The fraction of sp³-hybridized carbons (Fsp3) is 0.333. The number of hydrogen-bond acceptors (Lipinski definition) is 4. The lowest BCUT2D eigenvalue weighted by atomic mass is 10.0. The zero-order valence-electron chi connectivity index (χ0n) is 17.0. The minimum Gasteiger partial charge on any atom is -0.542 e. The smallest absolute Gasteiger partial charge is 0.542 e. The Labute approximate surface area is 168 Å². The molecule has 0 radical (unpaired) electrons. The number of benzene rings is 2. The zero-order chi connectivity index (χ0) is 21.4. The molecule has 0 amide bonds. The topological polar surface area (TPSA) is 44.2 Å². The predicted molar refractivity (Wildman–Crippen MR) is 109 cm³/mol. The van der Waals surface area contributed by atoms with Crippen LogP contribution in [0.2, 0.25) is 18.1 Å². The van der Waals surface area contributed by atoms with Crippen LogP contribution in [0.1, 0.15) is 20.8 Å². The van der Waals surface area contributed by atoms with Gasteiger partial charge in [0.25, 0.3) is 8.32 Å². The summed E-state index contributed by atoms with van der Waals surface area (Å²) in [7, 11) is -2.08. The van der Waals surface area contributed by atoms with Crippen LogP contribution < -0.4 is 9.16 Å². The van der Waals surface area contributed by atoms with Gasteiger partial charge in [-0.15, -0.1) is 13.2 Å². The molecule has 0 spiro atoms. The second kappa shape index (κ2) is 7.33.